The first kappa shape index (κ1) is 12.3. The highest BCUT2D eigenvalue weighted by molar-refractivity contribution is 5.72. The number of hydrogen-bond acceptors (Lipinski definition) is 5. The number of ether oxygens (including phenoxy) is 2. The van der Waals surface area contributed by atoms with E-state index in [4.69, 9.17) is 9.47 Å². The van der Waals surface area contributed by atoms with Crippen molar-refractivity contribution in [2.75, 3.05) is 13.2 Å². The van der Waals surface area contributed by atoms with Gasteiger partial charge in [-0.1, -0.05) is 0 Å². The van der Waals surface area contributed by atoms with E-state index in [-0.39, 0.29) is 11.8 Å². The predicted molar refractivity (Wildman–Crippen MR) is 67.7 cm³/mol. The summed E-state index contributed by atoms with van der Waals surface area (Å²) in [7, 11) is 1.77. The first-order valence-corrected chi connectivity index (χ1v) is 6.36. The van der Waals surface area contributed by atoms with Crippen LogP contribution in [-0.4, -0.2) is 38.8 Å². The number of nitrogens with zero attached hydrogens (tertiary/aromatic N) is 4. The zero-order valence-corrected chi connectivity index (χ0v) is 10.8. The second-order valence-corrected chi connectivity index (χ2v) is 4.56. The monoisotopic (exact) mass is 264 g/mol. The molecule has 7 nitrogen and oxygen atoms in total. The number of rotatable bonds is 3. The molecule has 0 unspecified atom stereocenters. The van der Waals surface area contributed by atoms with Crippen LogP contribution in [0, 0.1) is 0 Å². The molecule has 0 bridgehead atoms. The molecule has 1 aliphatic heterocycles. The van der Waals surface area contributed by atoms with Crippen molar-refractivity contribution in [3.8, 4) is 0 Å². The third-order valence-corrected chi connectivity index (χ3v) is 3.22. The molecule has 3 rings (SSSR count). The van der Waals surface area contributed by atoms with Gasteiger partial charge < -0.3 is 9.47 Å². The van der Waals surface area contributed by atoms with Crippen LogP contribution in [0.2, 0.25) is 0 Å². The Labute approximate surface area is 109 Å². The molecule has 0 N–H and O–H groups in total. The molecule has 2 aromatic rings. The molecule has 0 radical (unpaired) electrons. The van der Waals surface area contributed by atoms with E-state index < -0.39 is 0 Å². The molecular formula is C12H16N4O3. The molecule has 2 aromatic heterocycles. The fourth-order valence-corrected chi connectivity index (χ4v) is 2.17. The summed E-state index contributed by atoms with van der Waals surface area (Å²) < 4.78 is 14.1. The van der Waals surface area contributed by atoms with E-state index in [0.29, 0.717) is 24.0 Å². The van der Waals surface area contributed by atoms with Gasteiger partial charge in [0, 0.05) is 20.0 Å². The molecule has 0 aliphatic carbocycles. The minimum atomic E-state index is -0.217. The maximum Gasteiger partial charge on any atom is 0.264 e. The highest BCUT2D eigenvalue weighted by Gasteiger charge is 2.15. The second kappa shape index (κ2) is 5.10. The first-order valence-electron chi connectivity index (χ1n) is 6.36. The molecule has 0 atom stereocenters. The van der Waals surface area contributed by atoms with Crippen molar-refractivity contribution >= 4 is 11.0 Å². The van der Waals surface area contributed by atoms with Crippen molar-refractivity contribution in [2.45, 2.75) is 25.7 Å². The highest BCUT2D eigenvalue weighted by Crippen LogP contribution is 2.10. The topological polar surface area (TPSA) is 71.2 Å². The number of fused-ring (bicyclic) bond motifs is 1. The maximum atomic E-state index is 12.2. The van der Waals surface area contributed by atoms with E-state index in [9.17, 15) is 4.79 Å². The minimum Gasteiger partial charge on any atom is -0.353 e. The summed E-state index contributed by atoms with van der Waals surface area (Å²) in [6, 6.07) is 0. The van der Waals surface area contributed by atoms with Crippen LogP contribution in [0.15, 0.2) is 17.3 Å². The van der Waals surface area contributed by atoms with Crippen LogP contribution in [0.3, 0.4) is 0 Å². The summed E-state index contributed by atoms with van der Waals surface area (Å²) in [5.41, 5.74) is 0.528. The predicted octanol–water partition coefficient (Wildman–Crippen LogP) is 0.283. The van der Waals surface area contributed by atoms with E-state index in [1.807, 2.05) is 0 Å². The van der Waals surface area contributed by atoms with Crippen LogP contribution in [0.4, 0.5) is 0 Å². The lowest BCUT2D eigenvalue weighted by Crippen LogP contribution is -2.28. The molecular weight excluding hydrogens is 248 g/mol. The molecule has 1 fully saturated rings. The average Bonchev–Trinajstić information content (AvgIpc) is 2.82. The second-order valence-electron chi connectivity index (χ2n) is 4.56. The van der Waals surface area contributed by atoms with Gasteiger partial charge in [-0.2, -0.15) is 5.10 Å². The third kappa shape index (κ3) is 2.39. The Balaban J connectivity index is 1.77. The largest absolute Gasteiger partial charge is 0.353 e. The quantitative estimate of drug-likeness (QED) is 0.796. The van der Waals surface area contributed by atoms with Gasteiger partial charge in [-0.25, -0.2) is 4.98 Å². The maximum absolute atomic E-state index is 12.2. The molecule has 0 spiro atoms. The van der Waals surface area contributed by atoms with E-state index in [0.717, 1.165) is 19.6 Å². The van der Waals surface area contributed by atoms with Crippen LogP contribution < -0.4 is 5.56 Å². The van der Waals surface area contributed by atoms with Gasteiger partial charge in [-0.05, 0) is 6.42 Å². The van der Waals surface area contributed by atoms with Crippen molar-refractivity contribution in [2.24, 2.45) is 7.05 Å². The van der Waals surface area contributed by atoms with E-state index >= 15 is 0 Å². The minimum absolute atomic E-state index is 0.0751. The SMILES string of the molecule is Cn1ncc2c(=O)n(CCC3OCCCO3)cnc21. The van der Waals surface area contributed by atoms with E-state index in [1.54, 1.807) is 28.8 Å². The third-order valence-electron chi connectivity index (χ3n) is 3.22. The lowest BCUT2D eigenvalue weighted by Gasteiger charge is -2.23. The molecule has 0 aromatic carbocycles. The van der Waals surface area contributed by atoms with Gasteiger partial charge in [0.1, 0.15) is 5.39 Å². The van der Waals surface area contributed by atoms with Crippen LogP contribution in [0.25, 0.3) is 11.0 Å². The summed E-state index contributed by atoms with van der Waals surface area (Å²) >= 11 is 0. The molecule has 0 amide bonds. The summed E-state index contributed by atoms with van der Waals surface area (Å²) in [6.07, 6.45) is 4.46. The summed E-state index contributed by atoms with van der Waals surface area (Å²) in [6.45, 7) is 1.97. The van der Waals surface area contributed by atoms with Gasteiger partial charge in [-0.15, -0.1) is 0 Å². The molecule has 1 aliphatic rings. The fourth-order valence-electron chi connectivity index (χ4n) is 2.17. The summed E-state index contributed by atoms with van der Waals surface area (Å²) in [5, 5.41) is 4.58. The zero-order valence-electron chi connectivity index (χ0n) is 10.8. The summed E-state index contributed by atoms with van der Waals surface area (Å²) in [5.74, 6) is 0. The Bertz CT molecular complexity index is 627. The van der Waals surface area contributed by atoms with Crippen molar-refractivity contribution in [3.63, 3.8) is 0 Å². The Hall–Kier alpha value is -1.73. The van der Waals surface area contributed by atoms with E-state index in [1.165, 1.54) is 0 Å². The Morgan fingerprint density at radius 1 is 1.42 bits per heavy atom. The lowest BCUT2D eigenvalue weighted by molar-refractivity contribution is -0.182. The molecule has 0 saturated carbocycles. The van der Waals surface area contributed by atoms with Gasteiger partial charge >= 0.3 is 0 Å². The zero-order chi connectivity index (χ0) is 13.2. The van der Waals surface area contributed by atoms with Crippen LogP contribution in [0.1, 0.15) is 12.8 Å². The van der Waals surface area contributed by atoms with Crippen LogP contribution >= 0.6 is 0 Å². The Morgan fingerprint density at radius 3 is 3.00 bits per heavy atom. The fraction of sp³-hybridized carbons (Fsp3) is 0.583. The highest BCUT2D eigenvalue weighted by atomic mass is 16.7. The molecule has 19 heavy (non-hydrogen) atoms. The van der Waals surface area contributed by atoms with Gasteiger partial charge in [0.15, 0.2) is 11.9 Å². The Morgan fingerprint density at radius 2 is 2.21 bits per heavy atom. The normalized spacial score (nSPS) is 17.1. The Kier molecular flexibility index (Phi) is 3.31. The molecule has 102 valence electrons. The standard InChI is InChI=1S/C12H16N4O3/c1-15-11-9(7-14-15)12(17)16(8-13-11)4-3-10-18-5-2-6-19-10/h7-8,10H,2-6H2,1H3. The lowest BCUT2D eigenvalue weighted by atomic mass is 10.3. The number of aryl methyl sites for hydroxylation is 2. The van der Waals surface area contributed by atoms with Gasteiger partial charge in [0.2, 0.25) is 0 Å². The van der Waals surface area contributed by atoms with E-state index in [2.05, 4.69) is 10.1 Å². The van der Waals surface area contributed by atoms with Gasteiger partial charge in [-0.3, -0.25) is 14.0 Å². The van der Waals surface area contributed by atoms with Gasteiger partial charge in [0.05, 0.1) is 25.7 Å². The molecule has 7 heteroatoms. The van der Waals surface area contributed by atoms with Crippen molar-refractivity contribution in [3.05, 3.63) is 22.9 Å². The molecule has 3 heterocycles. The van der Waals surface area contributed by atoms with Crippen LogP contribution in [-0.2, 0) is 23.1 Å². The smallest absolute Gasteiger partial charge is 0.264 e. The van der Waals surface area contributed by atoms with Gasteiger partial charge in [0.25, 0.3) is 5.56 Å². The first-order chi connectivity index (χ1) is 9.25. The van der Waals surface area contributed by atoms with Crippen molar-refractivity contribution in [1.82, 2.24) is 19.3 Å². The number of aromatic nitrogens is 4. The number of hydrogen-bond donors (Lipinski definition) is 0. The van der Waals surface area contributed by atoms with Crippen molar-refractivity contribution < 1.29 is 9.47 Å². The molecule has 1 saturated heterocycles. The van der Waals surface area contributed by atoms with Crippen molar-refractivity contribution in [1.29, 1.82) is 0 Å². The average molecular weight is 264 g/mol. The van der Waals surface area contributed by atoms with Crippen LogP contribution in [0.5, 0.6) is 0 Å². The summed E-state index contributed by atoms with van der Waals surface area (Å²) in [4.78, 5) is 16.4.